The van der Waals surface area contributed by atoms with Crippen molar-refractivity contribution in [3.05, 3.63) is 23.8 Å². The van der Waals surface area contributed by atoms with Crippen LogP contribution in [0.15, 0.2) is 18.2 Å². The van der Waals surface area contributed by atoms with Crippen LogP contribution in [-0.4, -0.2) is 46.9 Å². The Hall–Kier alpha value is -3.14. The number of hydrogen-bond acceptors (Lipinski definition) is 9. The molecular formula is C23H33NO9. The zero-order valence-corrected chi connectivity index (χ0v) is 19.7. The van der Waals surface area contributed by atoms with E-state index in [1.54, 1.807) is 20.8 Å². The van der Waals surface area contributed by atoms with E-state index in [2.05, 4.69) is 0 Å². The minimum atomic E-state index is -1.80. The van der Waals surface area contributed by atoms with E-state index in [0.717, 1.165) is 0 Å². The van der Waals surface area contributed by atoms with E-state index in [1.165, 1.54) is 25.1 Å². The number of aliphatic carboxylic acids is 1. The Morgan fingerprint density at radius 1 is 0.939 bits per heavy atom. The topological polar surface area (TPSA) is 151 Å². The third-order valence-corrected chi connectivity index (χ3v) is 4.80. The van der Waals surface area contributed by atoms with Crippen molar-refractivity contribution >= 4 is 24.1 Å². The first-order chi connectivity index (χ1) is 15.4. The third kappa shape index (κ3) is 9.09. The summed E-state index contributed by atoms with van der Waals surface area (Å²) in [7, 11) is 0. The van der Waals surface area contributed by atoms with Crippen molar-refractivity contribution < 1.29 is 43.2 Å². The lowest BCUT2D eigenvalue weighted by Crippen LogP contribution is -2.52. The van der Waals surface area contributed by atoms with Gasteiger partial charge in [-0.25, -0.2) is 4.79 Å². The zero-order valence-electron chi connectivity index (χ0n) is 19.7. The normalized spacial score (nSPS) is 14.4. The van der Waals surface area contributed by atoms with Gasteiger partial charge in [-0.3, -0.25) is 14.4 Å². The highest BCUT2D eigenvalue weighted by Gasteiger charge is 2.37. The number of hydrogen-bond donors (Lipinski definition) is 2. The van der Waals surface area contributed by atoms with Crippen molar-refractivity contribution in [2.24, 2.45) is 5.73 Å². The van der Waals surface area contributed by atoms with Gasteiger partial charge in [-0.2, -0.15) is 0 Å². The number of carboxylic acid groups (broad SMARTS) is 1. The molecule has 10 heteroatoms. The predicted molar refractivity (Wildman–Crippen MR) is 118 cm³/mol. The highest BCUT2D eigenvalue weighted by Crippen LogP contribution is 2.31. The molecule has 33 heavy (non-hydrogen) atoms. The maximum Gasteiger partial charge on any atom is 0.508 e. The molecule has 0 spiro atoms. The van der Waals surface area contributed by atoms with E-state index in [1.807, 2.05) is 6.92 Å². The largest absolute Gasteiger partial charge is 0.508 e. The number of carbonyl (C=O) groups excluding carboxylic acids is 3. The van der Waals surface area contributed by atoms with Crippen molar-refractivity contribution in [3.63, 3.8) is 0 Å². The minimum absolute atomic E-state index is 0.0182. The molecule has 0 aliphatic carbocycles. The van der Waals surface area contributed by atoms with Gasteiger partial charge in [-0.15, -0.1) is 0 Å². The monoisotopic (exact) mass is 467 g/mol. The molecule has 0 amide bonds. The van der Waals surface area contributed by atoms with Crippen molar-refractivity contribution in [1.82, 2.24) is 0 Å². The van der Waals surface area contributed by atoms with E-state index in [0.29, 0.717) is 12.0 Å². The molecule has 3 N–H and O–H groups in total. The number of esters is 2. The molecule has 0 aromatic heterocycles. The fourth-order valence-corrected chi connectivity index (χ4v) is 2.81. The lowest BCUT2D eigenvalue weighted by molar-refractivity contribution is -0.145. The molecule has 10 nitrogen and oxygen atoms in total. The van der Waals surface area contributed by atoms with Crippen LogP contribution in [-0.2, 0) is 30.3 Å². The molecule has 1 aromatic carbocycles. The molecular weight excluding hydrogens is 434 g/mol. The first-order valence-corrected chi connectivity index (χ1v) is 10.9. The van der Waals surface area contributed by atoms with E-state index in [-0.39, 0.29) is 43.3 Å². The van der Waals surface area contributed by atoms with Crippen molar-refractivity contribution in [2.45, 2.75) is 84.5 Å². The highest BCUT2D eigenvalue weighted by molar-refractivity contribution is 5.79. The average molecular weight is 468 g/mol. The van der Waals surface area contributed by atoms with Gasteiger partial charge in [-0.1, -0.05) is 26.8 Å². The molecule has 3 atom stereocenters. The summed E-state index contributed by atoms with van der Waals surface area (Å²) in [6, 6.07) is 4.33. The Morgan fingerprint density at radius 3 is 2.00 bits per heavy atom. The number of nitrogens with two attached hydrogens (primary N) is 1. The molecule has 0 radical (unpaired) electrons. The Labute approximate surface area is 193 Å². The van der Waals surface area contributed by atoms with Crippen LogP contribution in [0.4, 0.5) is 4.79 Å². The summed E-state index contributed by atoms with van der Waals surface area (Å²) in [5, 5.41) is 9.77. The highest BCUT2D eigenvalue weighted by atomic mass is 16.7. The number of ether oxygens (including phenoxy) is 4. The van der Waals surface area contributed by atoms with Gasteiger partial charge in [0.1, 0.15) is 17.7 Å². The second-order valence-corrected chi connectivity index (χ2v) is 7.79. The molecule has 0 aliphatic rings. The van der Waals surface area contributed by atoms with Crippen LogP contribution in [0, 0.1) is 0 Å². The summed E-state index contributed by atoms with van der Waals surface area (Å²) in [6.07, 6.45) is -1.65. The zero-order chi connectivity index (χ0) is 25.2. The summed E-state index contributed by atoms with van der Waals surface area (Å²) in [5.74, 6) is -2.36. The van der Waals surface area contributed by atoms with Crippen LogP contribution < -0.4 is 15.2 Å². The van der Waals surface area contributed by atoms with E-state index in [9.17, 15) is 24.3 Å². The first kappa shape index (κ1) is 27.9. The molecule has 0 saturated heterocycles. The van der Waals surface area contributed by atoms with E-state index < -0.39 is 35.7 Å². The van der Waals surface area contributed by atoms with Gasteiger partial charge in [0.2, 0.25) is 0 Å². The lowest BCUT2D eigenvalue weighted by atomic mass is 9.86. The molecule has 0 fully saturated rings. The summed E-state index contributed by atoms with van der Waals surface area (Å²) >= 11 is 0. The van der Waals surface area contributed by atoms with Gasteiger partial charge < -0.3 is 29.8 Å². The standard InChI is InChI=1S/C23H33NO9/c1-6-14(4)30-22(29)31-15(5)12-23(24,21(27)28)13-16-9-10-17(32-19(25)7-2)18(11-16)33-20(26)8-3/h9-11,14-15H,6-8,12-13,24H2,1-5H3,(H,27,28)/t14?,15-,23?/m0/s1. The summed E-state index contributed by atoms with van der Waals surface area (Å²) in [6.45, 7) is 8.29. The predicted octanol–water partition coefficient (Wildman–Crippen LogP) is 3.37. The second-order valence-electron chi connectivity index (χ2n) is 7.79. The van der Waals surface area contributed by atoms with Gasteiger partial charge >= 0.3 is 24.1 Å². The van der Waals surface area contributed by atoms with Crippen LogP contribution in [0.5, 0.6) is 11.5 Å². The quantitative estimate of drug-likeness (QED) is 0.346. The second kappa shape index (κ2) is 12.8. The summed E-state index contributed by atoms with van der Waals surface area (Å²) < 4.78 is 20.6. The van der Waals surface area contributed by atoms with Gasteiger partial charge in [0.25, 0.3) is 0 Å². The molecule has 2 unspecified atom stereocenters. The van der Waals surface area contributed by atoms with Crippen LogP contribution in [0.3, 0.4) is 0 Å². The molecule has 0 saturated carbocycles. The van der Waals surface area contributed by atoms with Crippen LogP contribution in [0.25, 0.3) is 0 Å². The molecule has 0 bridgehead atoms. The minimum Gasteiger partial charge on any atom is -0.480 e. The van der Waals surface area contributed by atoms with Gasteiger partial charge in [0, 0.05) is 25.7 Å². The lowest BCUT2D eigenvalue weighted by Gasteiger charge is -2.28. The molecule has 1 rings (SSSR count). The van der Waals surface area contributed by atoms with Crippen LogP contribution in [0.2, 0.25) is 0 Å². The third-order valence-electron chi connectivity index (χ3n) is 4.80. The van der Waals surface area contributed by atoms with Gasteiger partial charge in [0.05, 0.1) is 0 Å². The number of carboxylic acids is 1. The van der Waals surface area contributed by atoms with Gasteiger partial charge in [0.15, 0.2) is 11.5 Å². The van der Waals surface area contributed by atoms with Gasteiger partial charge in [-0.05, 0) is 38.0 Å². The van der Waals surface area contributed by atoms with Crippen LogP contribution >= 0.6 is 0 Å². The first-order valence-electron chi connectivity index (χ1n) is 10.9. The smallest absolute Gasteiger partial charge is 0.480 e. The SMILES string of the molecule is CCC(=O)Oc1ccc(CC(N)(C[C@H](C)OC(=O)OC(C)CC)C(=O)O)cc1OC(=O)CC. The molecule has 1 aromatic rings. The molecule has 184 valence electrons. The van der Waals surface area contributed by atoms with Crippen molar-refractivity contribution in [1.29, 1.82) is 0 Å². The van der Waals surface area contributed by atoms with E-state index in [4.69, 9.17) is 24.7 Å². The number of benzene rings is 1. The number of rotatable bonds is 12. The summed E-state index contributed by atoms with van der Waals surface area (Å²) in [5.41, 5.74) is 4.79. The summed E-state index contributed by atoms with van der Waals surface area (Å²) in [4.78, 5) is 47.3. The average Bonchev–Trinajstić information content (AvgIpc) is 2.74. The Morgan fingerprint density at radius 2 is 1.48 bits per heavy atom. The number of carbonyl (C=O) groups is 4. The maximum absolute atomic E-state index is 12.0. The Bertz CT molecular complexity index is 854. The van der Waals surface area contributed by atoms with Crippen molar-refractivity contribution in [2.75, 3.05) is 0 Å². The molecule has 0 aliphatic heterocycles. The van der Waals surface area contributed by atoms with Crippen molar-refractivity contribution in [3.8, 4) is 11.5 Å². The maximum atomic E-state index is 12.0. The molecule has 0 heterocycles. The Balaban J connectivity index is 3.07. The Kier molecular flexibility index (Phi) is 10.8. The van der Waals surface area contributed by atoms with Crippen LogP contribution in [0.1, 0.15) is 65.9 Å². The fourth-order valence-electron chi connectivity index (χ4n) is 2.81. The van der Waals surface area contributed by atoms with E-state index >= 15 is 0 Å². The fraction of sp³-hybridized carbons (Fsp3) is 0.565.